The lowest BCUT2D eigenvalue weighted by Gasteiger charge is -2.07. The van der Waals surface area contributed by atoms with E-state index < -0.39 is 0 Å². The summed E-state index contributed by atoms with van der Waals surface area (Å²) in [7, 11) is 1.54. The van der Waals surface area contributed by atoms with Crippen molar-refractivity contribution in [3.8, 4) is 5.75 Å². The standard InChI is InChI=1S/C13H12ClN5O2S/c1-21-10-3-2-8(6-9(10)14)16-11(20)4-5-12-18-19-7-15-17-13(19)22-12/h2-3,6-7H,4-5H2,1H3,(H,16,20). The largest absolute Gasteiger partial charge is 0.495 e. The molecule has 0 radical (unpaired) electrons. The van der Waals surface area contributed by atoms with E-state index in [1.165, 1.54) is 17.7 Å². The molecule has 0 unspecified atom stereocenters. The fourth-order valence-corrected chi connectivity index (χ4v) is 2.96. The molecule has 0 saturated carbocycles. The molecule has 114 valence electrons. The van der Waals surface area contributed by atoms with Crippen LogP contribution < -0.4 is 10.1 Å². The molecule has 0 saturated heterocycles. The molecule has 1 amide bonds. The first kappa shape index (κ1) is 14.7. The summed E-state index contributed by atoms with van der Waals surface area (Å²) in [6.45, 7) is 0. The zero-order chi connectivity index (χ0) is 15.5. The lowest BCUT2D eigenvalue weighted by Crippen LogP contribution is -2.12. The van der Waals surface area contributed by atoms with Crippen LogP contribution in [0, 0.1) is 0 Å². The summed E-state index contributed by atoms with van der Waals surface area (Å²) in [5.74, 6) is 0.464. The molecule has 7 nitrogen and oxygen atoms in total. The lowest BCUT2D eigenvalue weighted by molar-refractivity contribution is -0.116. The van der Waals surface area contributed by atoms with Gasteiger partial charge in [0.05, 0.1) is 12.1 Å². The Labute approximate surface area is 134 Å². The predicted octanol–water partition coefficient (Wildman–Crippen LogP) is 2.42. The summed E-state index contributed by atoms with van der Waals surface area (Å²) < 4.78 is 6.66. The van der Waals surface area contributed by atoms with Gasteiger partial charge < -0.3 is 10.1 Å². The molecular weight excluding hydrogens is 326 g/mol. The SMILES string of the molecule is COc1ccc(NC(=O)CCc2nn3cnnc3s2)cc1Cl. The van der Waals surface area contributed by atoms with Gasteiger partial charge in [-0.2, -0.15) is 9.61 Å². The monoisotopic (exact) mass is 337 g/mol. The minimum Gasteiger partial charge on any atom is -0.495 e. The lowest BCUT2D eigenvalue weighted by atomic mass is 10.2. The fourth-order valence-electron chi connectivity index (χ4n) is 1.89. The van der Waals surface area contributed by atoms with Gasteiger partial charge in [0, 0.05) is 18.5 Å². The van der Waals surface area contributed by atoms with Gasteiger partial charge in [-0.3, -0.25) is 4.79 Å². The van der Waals surface area contributed by atoms with Crippen LogP contribution in [0.2, 0.25) is 5.02 Å². The molecule has 0 atom stereocenters. The average molecular weight is 338 g/mol. The van der Waals surface area contributed by atoms with Crippen LogP contribution in [-0.4, -0.2) is 32.8 Å². The maximum absolute atomic E-state index is 12.0. The summed E-state index contributed by atoms with van der Waals surface area (Å²) in [5.41, 5.74) is 0.633. The second-order valence-electron chi connectivity index (χ2n) is 4.45. The quantitative estimate of drug-likeness (QED) is 0.773. The second kappa shape index (κ2) is 6.29. The number of rotatable bonds is 5. The highest BCUT2D eigenvalue weighted by atomic mass is 35.5. The molecule has 3 aromatic rings. The van der Waals surface area contributed by atoms with E-state index in [2.05, 4.69) is 20.6 Å². The number of fused-ring (bicyclic) bond motifs is 1. The Kier molecular flexibility index (Phi) is 4.21. The third kappa shape index (κ3) is 3.18. The zero-order valence-corrected chi connectivity index (χ0v) is 13.2. The van der Waals surface area contributed by atoms with Gasteiger partial charge in [0.1, 0.15) is 17.1 Å². The molecule has 1 aromatic carbocycles. The van der Waals surface area contributed by atoms with E-state index in [1.54, 1.807) is 29.8 Å². The number of aromatic nitrogens is 4. The maximum Gasteiger partial charge on any atom is 0.234 e. The average Bonchev–Trinajstić information content (AvgIpc) is 3.06. The van der Waals surface area contributed by atoms with Crippen LogP contribution in [0.4, 0.5) is 5.69 Å². The molecule has 0 fully saturated rings. The summed E-state index contributed by atoms with van der Waals surface area (Å²) in [4.78, 5) is 12.7. The minimum atomic E-state index is -0.104. The number of halogens is 1. The number of hydrogen-bond acceptors (Lipinski definition) is 6. The molecule has 0 aliphatic heterocycles. The van der Waals surface area contributed by atoms with Crippen molar-refractivity contribution in [3.63, 3.8) is 0 Å². The number of nitrogens with one attached hydrogen (secondary N) is 1. The van der Waals surface area contributed by atoms with Gasteiger partial charge in [0.15, 0.2) is 0 Å². The molecule has 0 aliphatic rings. The van der Waals surface area contributed by atoms with Crippen LogP contribution in [0.25, 0.3) is 4.96 Å². The number of nitrogens with zero attached hydrogens (tertiary/aromatic N) is 4. The molecule has 3 rings (SSSR count). The first-order valence-electron chi connectivity index (χ1n) is 6.45. The van der Waals surface area contributed by atoms with Crippen molar-refractivity contribution in [1.82, 2.24) is 19.8 Å². The Hall–Kier alpha value is -2.19. The molecular formula is C13H12ClN5O2S. The van der Waals surface area contributed by atoms with Crippen LogP contribution in [-0.2, 0) is 11.2 Å². The zero-order valence-electron chi connectivity index (χ0n) is 11.6. The normalized spacial score (nSPS) is 10.8. The summed E-state index contributed by atoms with van der Waals surface area (Å²) in [6.07, 6.45) is 2.41. The van der Waals surface area contributed by atoms with Crippen molar-refractivity contribution in [2.24, 2.45) is 0 Å². The summed E-state index contributed by atoms with van der Waals surface area (Å²) >= 11 is 7.44. The molecule has 2 heterocycles. The van der Waals surface area contributed by atoms with Gasteiger partial charge in [-0.15, -0.1) is 10.2 Å². The highest BCUT2D eigenvalue weighted by Gasteiger charge is 2.09. The molecule has 1 N–H and O–H groups in total. The summed E-state index contributed by atoms with van der Waals surface area (Å²) in [5, 5.41) is 16.0. The number of hydrogen-bond donors (Lipinski definition) is 1. The van der Waals surface area contributed by atoms with Crippen molar-refractivity contribution in [2.45, 2.75) is 12.8 Å². The van der Waals surface area contributed by atoms with Crippen molar-refractivity contribution in [1.29, 1.82) is 0 Å². The van der Waals surface area contributed by atoms with Crippen molar-refractivity contribution in [2.75, 3.05) is 12.4 Å². The number of carbonyl (C=O) groups is 1. The van der Waals surface area contributed by atoms with E-state index >= 15 is 0 Å². The first-order chi connectivity index (χ1) is 10.7. The fraction of sp³-hybridized carbons (Fsp3) is 0.231. The number of aryl methyl sites for hydroxylation is 1. The Morgan fingerprint density at radius 3 is 3.09 bits per heavy atom. The molecule has 22 heavy (non-hydrogen) atoms. The Balaban J connectivity index is 1.58. The van der Waals surface area contributed by atoms with Crippen LogP contribution >= 0.6 is 22.9 Å². The minimum absolute atomic E-state index is 0.104. The third-order valence-corrected chi connectivity index (χ3v) is 4.20. The van der Waals surface area contributed by atoms with Gasteiger partial charge in [0.25, 0.3) is 0 Å². The van der Waals surface area contributed by atoms with Gasteiger partial charge in [-0.05, 0) is 18.2 Å². The highest BCUT2D eigenvalue weighted by Crippen LogP contribution is 2.27. The number of benzene rings is 1. The number of amides is 1. The Morgan fingerprint density at radius 1 is 1.50 bits per heavy atom. The third-order valence-electron chi connectivity index (χ3n) is 2.93. The Bertz CT molecular complexity index is 787. The first-order valence-corrected chi connectivity index (χ1v) is 7.64. The van der Waals surface area contributed by atoms with Crippen LogP contribution in [0.5, 0.6) is 5.75 Å². The number of anilines is 1. The smallest absolute Gasteiger partial charge is 0.234 e. The number of methoxy groups -OCH3 is 1. The van der Waals surface area contributed by atoms with Gasteiger partial charge >= 0.3 is 0 Å². The predicted molar refractivity (Wildman–Crippen MR) is 83.6 cm³/mol. The van der Waals surface area contributed by atoms with Gasteiger partial charge in [-0.1, -0.05) is 22.9 Å². The van der Waals surface area contributed by atoms with E-state index in [4.69, 9.17) is 16.3 Å². The maximum atomic E-state index is 12.0. The molecule has 0 spiro atoms. The van der Waals surface area contributed by atoms with Crippen molar-refractivity contribution >= 4 is 39.5 Å². The van der Waals surface area contributed by atoms with Crippen LogP contribution in [0.3, 0.4) is 0 Å². The van der Waals surface area contributed by atoms with Crippen molar-refractivity contribution < 1.29 is 9.53 Å². The van der Waals surface area contributed by atoms with E-state index in [-0.39, 0.29) is 5.91 Å². The Morgan fingerprint density at radius 2 is 2.36 bits per heavy atom. The van der Waals surface area contributed by atoms with Crippen LogP contribution in [0.15, 0.2) is 24.5 Å². The topological polar surface area (TPSA) is 81.4 Å². The van der Waals surface area contributed by atoms with Crippen LogP contribution in [0.1, 0.15) is 11.4 Å². The van der Waals surface area contributed by atoms with E-state index in [0.29, 0.717) is 29.3 Å². The van der Waals surface area contributed by atoms with Gasteiger partial charge in [-0.25, -0.2) is 0 Å². The van der Waals surface area contributed by atoms with E-state index in [9.17, 15) is 4.79 Å². The number of carbonyl (C=O) groups excluding carboxylic acids is 1. The molecule has 0 aliphatic carbocycles. The highest BCUT2D eigenvalue weighted by molar-refractivity contribution is 7.16. The second-order valence-corrected chi connectivity index (χ2v) is 5.90. The van der Waals surface area contributed by atoms with Gasteiger partial charge in [0.2, 0.25) is 10.9 Å². The molecule has 0 bridgehead atoms. The van der Waals surface area contributed by atoms with Crippen molar-refractivity contribution in [3.05, 3.63) is 34.6 Å². The summed E-state index contributed by atoms with van der Waals surface area (Å²) in [6, 6.07) is 5.11. The van der Waals surface area contributed by atoms with E-state index in [0.717, 1.165) is 9.97 Å². The number of ether oxygens (including phenoxy) is 1. The molecule has 2 aromatic heterocycles. The van der Waals surface area contributed by atoms with E-state index in [1.807, 2.05) is 0 Å². The molecule has 9 heteroatoms.